The molecule has 1 aromatic carbocycles. The van der Waals surface area contributed by atoms with Gasteiger partial charge in [0.05, 0.1) is 23.0 Å². The van der Waals surface area contributed by atoms with Crippen LogP contribution in [0, 0.1) is 12.8 Å². The van der Waals surface area contributed by atoms with Crippen molar-refractivity contribution >= 4 is 26.8 Å². The molecule has 1 fully saturated rings. The van der Waals surface area contributed by atoms with Crippen molar-refractivity contribution in [1.82, 2.24) is 28.5 Å². The van der Waals surface area contributed by atoms with Gasteiger partial charge in [0.25, 0.3) is 10.0 Å². The van der Waals surface area contributed by atoms with Gasteiger partial charge in [-0.3, -0.25) is 4.40 Å². The third-order valence-corrected chi connectivity index (χ3v) is 8.40. The minimum Gasteiger partial charge on any atom is -0.302 e. The van der Waals surface area contributed by atoms with Gasteiger partial charge in [0.2, 0.25) is 0 Å². The maximum Gasteiger partial charge on any atom is 0.390 e. The van der Waals surface area contributed by atoms with E-state index >= 15 is 0 Å². The summed E-state index contributed by atoms with van der Waals surface area (Å²) in [6.45, 7) is 4.81. The van der Waals surface area contributed by atoms with E-state index in [1.54, 1.807) is 34.7 Å². The number of alkyl halides is 3. The summed E-state index contributed by atoms with van der Waals surface area (Å²) in [7, 11) is -3.88. The first-order valence-electron chi connectivity index (χ1n) is 11.4. The number of benzene rings is 1. The van der Waals surface area contributed by atoms with Crippen LogP contribution in [0.3, 0.4) is 0 Å². The second kappa shape index (κ2) is 8.59. The van der Waals surface area contributed by atoms with Crippen molar-refractivity contribution in [2.24, 2.45) is 5.92 Å². The SMILES string of the molecule is CC[C@H]1CN(CCC(F)(F)F)C[C@H]1c1nnc2cnc3c(ccn3S(=O)(=O)c3ccc(C)cc3)n12. The summed E-state index contributed by atoms with van der Waals surface area (Å²) in [6.07, 6.45) is -1.36. The second-order valence-electron chi connectivity index (χ2n) is 9.05. The van der Waals surface area contributed by atoms with E-state index in [1.165, 1.54) is 12.4 Å². The molecule has 186 valence electrons. The molecule has 0 unspecified atom stereocenters. The number of aromatic nitrogens is 5. The lowest BCUT2D eigenvalue weighted by atomic mass is 9.93. The lowest BCUT2D eigenvalue weighted by molar-refractivity contribution is -0.137. The molecule has 4 heterocycles. The van der Waals surface area contributed by atoms with Crippen molar-refractivity contribution < 1.29 is 21.6 Å². The fourth-order valence-electron chi connectivity index (χ4n) is 4.84. The molecule has 0 spiro atoms. The molecular formula is C23H25F3N6O2S. The number of nitrogens with zero attached hydrogens (tertiary/aromatic N) is 6. The van der Waals surface area contributed by atoms with Crippen LogP contribution in [-0.4, -0.2) is 62.7 Å². The summed E-state index contributed by atoms with van der Waals surface area (Å²) in [5.74, 6) is 0.586. The van der Waals surface area contributed by atoms with Crippen LogP contribution < -0.4 is 0 Å². The Labute approximate surface area is 200 Å². The van der Waals surface area contributed by atoms with Gasteiger partial charge in [0.1, 0.15) is 5.82 Å². The predicted molar refractivity (Wildman–Crippen MR) is 124 cm³/mol. The normalized spacial score (nSPS) is 19.8. The second-order valence-corrected chi connectivity index (χ2v) is 10.9. The number of fused-ring (bicyclic) bond motifs is 3. The number of likely N-dealkylation sites (tertiary alicyclic amines) is 1. The highest BCUT2D eigenvalue weighted by Crippen LogP contribution is 2.36. The van der Waals surface area contributed by atoms with E-state index in [0.717, 1.165) is 16.0 Å². The van der Waals surface area contributed by atoms with Crippen LogP contribution in [0.4, 0.5) is 13.2 Å². The monoisotopic (exact) mass is 506 g/mol. The Morgan fingerprint density at radius 3 is 2.51 bits per heavy atom. The highest BCUT2D eigenvalue weighted by Gasteiger charge is 2.38. The molecule has 1 saturated heterocycles. The van der Waals surface area contributed by atoms with E-state index in [2.05, 4.69) is 15.2 Å². The van der Waals surface area contributed by atoms with Gasteiger partial charge in [-0.1, -0.05) is 31.0 Å². The Bertz CT molecular complexity index is 1480. The van der Waals surface area contributed by atoms with E-state index in [4.69, 9.17) is 0 Å². The van der Waals surface area contributed by atoms with E-state index < -0.39 is 22.6 Å². The van der Waals surface area contributed by atoms with Crippen molar-refractivity contribution in [3.63, 3.8) is 0 Å². The molecule has 0 aliphatic carbocycles. The minimum atomic E-state index is -4.20. The molecule has 12 heteroatoms. The number of aryl methyl sites for hydroxylation is 1. The predicted octanol–water partition coefficient (Wildman–Crippen LogP) is 4.00. The molecule has 1 aliphatic heterocycles. The molecule has 0 amide bonds. The molecule has 0 N–H and O–H groups in total. The van der Waals surface area contributed by atoms with Crippen molar-refractivity contribution in [2.75, 3.05) is 19.6 Å². The van der Waals surface area contributed by atoms with Crippen molar-refractivity contribution in [2.45, 2.75) is 43.7 Å². The summed E-state index contributed by atoms with van der Waals surface area (Å²) < 4.78 is 67.9. The molecule has 0 bridgehead atoms. The fraction of sp³-hybridized carbons (Fsp3) is 0.435. The zero-order valence-corrected chi connectivity index (χ0v) is 20.1. The summed E-state index contributed by atoms with van der Waals surface area (Å²) in [5, 5.41) is 8.60. The molecule has 8 nitrogen and oxygen atoms in total. The maximum absolute atomic E-state index is 13.3. The van der Waals surface area contributed by atoms with Crippen LogP contribution in [-0.2, 0) is 10.0 Å². The van der Waals surface area contributed by atoms with Gasteiger partial charge in [-0.25, -0.2) is 17.4 Å². The highest BCUT2D eigenvalue weighted by atomic mass is 32.2. The third kappa shape index (κ3) is 4.29. The van der Waals surface area contributed by atoms with Gasteiger partial charge >= 0.3 is 6.18 Å². The third-order valence-electron chi connectivity index (χ3n) is 6.72. The van der Waals surface area contributed by atoms with E-state index in [9.17, 15) is 21.6 Å². The van der Waals surface area contributed by atoms with E-state index in [0.29, 0.717) is 30.1 Å². The lowest BCUT2D eigenvalue weighted by Crippen LogP contribution is -2.26. The number of hydrogen-bond acceptors (Lipinski definition) is 6. The Hall–Kier alpha value is -2.99. The van der Waals surface area contributed by atoms with Gasteiger partial charge in [-0.15, -0.1) is 10.2 Å². The van der Waals surface area contributed by atoms with Gasteiger partial charge in [0, 0.05) is 31.7 Å². The summed E-state index contributed by atoms with van der Waals surface area (Å²) in [5.41, 5.74) is 2.17. The van der Waals surface area contributed by atoms with E-state index in [-0.39, 0.29) is 28.9 Å². The molecule has 5 rings (SSSR count). The first-order chi connectivity index (χ1) is 16.6. The fourth-order valence-corrected chi connectivity index (χ4v) is 6.14. The molecule has 1 aliphatic rings. The first kappa shape index (κ1) is 23.7. The topological polar surface area (TPSA) is 85.4 Å². The molecule has 0 saturated carbocycles. The molecule has 35 heavy (non-hydrogen) atoms. The Morgan fingerprint density at radius 2 is 1.83 bits per heavy atom. The van der Waals surface area contributed by atoms with Crippen LogP contribution in [0.25, 0.3) is 16.8 Å². The van der Waals surface area contributed by atoms with E-state index in [1.807, 2.05) is 18.7 Å². The number of halogens is 3. The smallest absolute Gasteiger partial charge is 0.302 e. The summed E-state index contributed by atoms with van der Waals surface area (Å²) >= 11 is 0. The zero-order valence-electron chi connectivity index (χ0n) is 19.3. The lowest BCUT2D eigenvalue weighted by Gasteiger charge is -2.16. The molecule has 0 radical (unpaired) electrons. The van der Waals surface area contributed by atoms with Crippen molar-refractivity contribution in [3.8, 4) is 0 Å². The van der Waals surface area contributed by atoms with Crippen LogP contribution in [0.2, 0.25) is 0 Å². The van der Waals surface area contributed by atoms with Crippen LogP contribution in [0.1, 0.15) is 37.1 Å². The quantitative estimate of drug-likeness (QED) is 0.393. The zero-order chi connectivity index (χ0) is 25.0. The largest absolute Gasteiger partial charge is 0.390 e. The highest BCUT2D eigenvalue weighted by molar-refractivity contribution is 7.90. The number of rotatable bonds is 6. The average Bonchev–Trinajstić information content (AvgIpc) is 3.52. The van der Waals surface area contributed by atoms with Gasteiger partial charge < -0.3 is 4.90 Å². The minimum absolute atomic E-state index is 0.0601. The Balaban J connectivity index is 1.55. The summed E-state index contributed by atoms with van der Waals surface area (Å²) in [6, 6.07) is 8.23. The van der Waals surface area contributed by atoms with Crippen molar-refractivity contribution in [3.05, 3.63) is 54.1 Å². The van der Waals surface area contributed by atoms with Gasteiger partial charge in [-0.05, 0) is 31.0 Å². The molecule has 2 atom stereocenters. The van der Waals surface area contributed by atoms with Crippen LogP contribution >= 0.6 is 0 Å². The van der Waals surface area contributed by atoms with Crippen LogP contribution in [0.15, 0.2) is 47.6 Å². The first-order valence-corrected chi connectivity index (χ1v) is 12.8. The Kier molecular flexibility index (Phi) is 5.83. The maximum atomic E-state index is 13.3. The number of hydrogen-bond donors (Lipinski definition) is 0. The van der Waals surface area contributed by atoms with Crippen molar-refractivity contribution in [1.29, 1.82) is 0 Å². The van der Waals surface area contributed by atoms with Crippen LogP contribution in [0.5, 0.6) is 0 Å². The Morgan fingerprint density at radius 1 is 1.09 bits per heavy atom. The molecular weight excluding hydrogens is 481 g/mol. The van der Waals surface area contributed by atoms with Gasteiger partial charge in [-0.2, -0.15) is 13.2 Å². The average molecular weight is 507 g/mol. The van der Waals surface area contributed by atoms with Gasteiger partial charge in [0.15, 0.2) is 11.3 Å². The standard InChI is InChI=1S/C23H25F3N6O2S/c1-3-16-13-30(11-9-23(24,25)26)14-18(16)21-29-28-20-12-27-22-19(32(20)21)8-10-31(22)35(33,34)17-6-4-15(2)5-7-17/h4-8,10,12,16,18H,3,9,11,13-14H2,1-2H3/t16-,18+/m0/s1. The molecule has 4 aromatic rings. The molecule has 3 aromatic heterocycles. The summed E-state index contributed by atoms with van der Waals surface area (Å²) in [4.78, 5) is 6.32.